The van der Waals surface area contributed by atoms with Crippen molar-refractivity contribution >= 4 is 23.1 Å². The standard InChI is InChI=1S/C10H16N6OS2/c1-17-5-3-11-2-4-16-10(13-14-15-16)19-7-9-6-18-8-12-9/h6,8,11H,2-5,7H2,1H3. The lowest BCUT2D eigenvalue weighted by molar-refractivity contribution is 0.199. The van der Waals surface area contributed by atoms with Crippen LogP contribution in [0.5, 0.6) is 0 Å². The highest BCUT2D eigenvalue weighted by Gasteiger charge is 2.07. The van der Waals surface area contributed by atoms with E-state index in [0.717, 1.165) is 36.2 Å². The lowest BCUT2D eigenvalue weighted by atomic mass is 10.6. The molecule has 0 atom stereocenters. The number of rotatable bonds is 9. The smallest absolute Gasteiger partial charge is 0.209 e. The largest absolute Gasteiger partial charge is 0.383 e. The Labute approximate surface area is 119 Å². The van der Waals surface area contributed by atoms with Gasteiger partial charge in [-0.1, -0.05) is 11.8 Å². The predicted molar refractivity (Wildman–Crippen MR) is 74.2 cm³/mol. The molecule has 0 bridgehead atoms. The number of nitrogens with one attached hydrogen (secondary N) is 1. The maximum Gasteiger partial charge on any atom is 0.209 e. The maximum atomic E-state index is 4.96. The fourth-order valence-corrected chi connectivity index (χ4v) is 2.84. The molecule has 2 aromatic heterocycles. The van der Waals surface area contributed by atoms with Gasteiger partial charge in [0.25, 0.3) is 0 Å². The van der Waals surface area contributed by atoms with Crippen LogP contribution in [-0.4, -0.2) is 52.0 Å². The van der Waals surface area contributed by atoms with Gasteiger partial charge >= 0.3 is 0 Å². The maximum absolute atomic E-state index is 4.96. The van der Waals surface area contributed by atoms with Gasteiger partial charge in [-0.2, -0.15) is 0 Å². The molecular weight excluding hydrogens is 284 g/mol. The Morgan fingerprint density at radius 1 is 1.47 bits per heavy atom. The Hall–Kier alpha value is -1.03. The molecule has 0 radical (unpaired) electrons. The van der Waals surface area contributed by atoms with Crippen LogP contribution in [0.2, 0.25) is 0 Å². The minimum atomic E-state index is 0.709. The van der Waals surface area contributed by atoms with Gasteiger partial charge in [0.1, 0.15) is 0 Å². The molecule has 0 saturated heterocycles. The van der Waals surface area contributed by atoms with Crippen LogP contribution in [0.25, 0.3) is 0 Å². The van der Waals surface area contributed by atoms with E-state index in [1.54, 1.807) is 34.9 Å². The van der Waals surface area contributed by atoms with Gasteiger partial charge in [-0.15, -0.1) is 16.4 Å². The lowest BCUT2D eigenvalue weighted by Gasteiger charge is -2.05. The van der Waals surface area contributed by atoms with Crippen LogP contribution in [0.3, 0.4) is 0 Å². The fourth-order valence-electron chi connectivity index (χ4n) is 1.37. The molecule has 2 rings (SSSR count). The molecule has 104 valence electrons. The molecule has 9 heteroatoms. The number of hydrogen-bond donors (Lipinski definition) is 1. The SMILES string of the molecule is COCCNCCn1nnnc1SCc1cscn1. The summed E-state index contributed by atoms with van der Waals surface area (Å²) in [5.74, 6) is 0.793. The Balaban J connectivity index is 1.74. The van der Waals surface area contributed by atoms with Crippen LogP contribution in [0.1, 0.15) is 5.69 Å². The van der Waals surface area contributed by atoms with Crippen molar-refractivity contribution in [3.8, 4) is 0 Å². The summed E-state index contributed by atoms with van der Waals surface area (Å²) in [4.78, 5) is 4.23. The fraction of sp³-hybridized carbons (Fsp3) is 0.600. The summed E-state index contributed by atoms with van der Waals surface area (Å²) in [5, 5.41) is 17.8. The number of thioether (sulfide) groups is 1. The van der Waals surface area contributed by atoms with E-state index in [-0.39, 0.29) is 0 Å². The quantitative estimate of drug-likeness (QED) is 0.538. The molecule has 0 aliphatic rings. The molecule has 7 nitrogen and oxygen atoms in total. The molecular formula is C10H16N6OS2. The van der Waals surface area contributed by atoms with Crippen molar-refractivity contribution in [1.82, 2.24) is 30.5 Å². The Morgan fingerprint density at radius 3 is 3.21 bits per heavy atom. The van der Waals surface area contributed by atoms with E-state index in [0.29, 0.717) is 6.61 Å². The van der Waals surface area contributed by atoms with E-state index in [1.165, 1.54) is 0 Å². The van der Waals surface area contributed by atoms with Crippen LogP contribution < -0.4 is 5.32 Å². The molecule has 0 aliphatic carbocycles. The highest BCUT2D eigenvalue weighted by atomic mass is 32.2. The number of nitrogens with zero attached hydrogens (tertiary/aromatic N) is 5. The zero-order chi connectivity index (χ0) is 13.3. The zero-order valence-electron chi connectivity index (χ0n) is 10.7. The van der Waals surface area contributed by atoms with Crippen molar-refractivity contribution in [2.24, 2.45) is 0 Å². The highest BCUT2D eigenvalue weighted by Crippen LogP contribution is 2.19. The van der Waals surface area contributed by atoms with Crippen molar-refractivity contribution in [2.45, 2.75) is 17.5 Å². The van der Waals surface area contributed by atoms with Crippen molar-refractivity contribution in [1.29, 1.82) is 0 Å². The van der Waals surface area contributed by atoms with E-state index in [1.807, 2.05) is 10.9 Å². The predicted octanol–water partition coefficient (Wildman–Crippen LogP) is 0.658. The molecule has 0 unspecified atom stereocenters. The first-order valence-electron chi connectivity index (χ1n) is 5.86. The first-order valence-corrected chi connectivity index (χ1v) is 7.78. The monoisotopic (exact) mass is 300 g/mol. The van der Waals surface area contributed by atoms with Crippen LogP contribution in [0.4, 0.5) is 0 Å². The van der Waals surface area contributed by atoms with Crippen molar-refractivity contribution in [3.63, 3.8) is 0 Å². The summed E-state index contributed by atoms with van der Waals surface area (Å²) in [6, 6.07) is 0. The minimum Gasteiger partial charge on any atom is -0.383 e. The Bertz CT molecular complexity index is 460. The summed E-state index contributed by atoms with van der Waals surface area (Å²) >= 11 is 3.20. The number of aromatic nitrogens is 5. The summed E-state index contributed by atoms with van der Waals surface area (Å²) in [6.45, 7) is 3.11. The third-order valence-electron chi connectivity index (χ3n) is 2.32. The third kappa shape index (κ3) is 4.86. The molecule has 0 aromatic carbocycles. The molecule has 0 aliphatic heterocycles. The number of methoxy groups -OCH3 is 1. The van der Waals surface area contributed by atoms with Gasteiger partial charge in [0.2, 0.25) is 5.16 Å². The molecule has 2 aromatic rings. The van der Waals surface area contributed by atoms with Crippen LogP contribution >= 0.6 is 23.1 Å². The summed E-state index contributed by atoms with van der Waals surface area (Å²) in [6.07, 6.45) is 0. The molecule has 0 amide bonds. The normalized spacial score (nSPS) is 11.0. The summed E-state index contributed by atoms with van der Waals surface area (Å²) < 4.78 is 6.77. The van der Waals surface area contributed by atoms with Crippen LogP contribution in [0.15, 0.2) is 16.0 Å². The van der Waals surface area contributed by atoms with E-state index < -0.39 is 0 Å². The number of tetrazole rings is 1. The average molecular weight is 300 g/mol. The van der Waals surface area contributed by atoms with Gasteiger partial charge < -0.3 is 10.1 Å². The first kappa shape index (κ1) is 14.4. The second-order valence-corrected chi connectivity index (χ2v) is 5.36. The van der Waals surface area contributed by atoms with E-state index in [2.05, 4.69) is 25.8 Å². The number of thiazole rings is 1. The van der Waals surface area contributed by atoms with Crippen LogP contribution in [0, 0.1) is 0 Å². The number of ether oxygens (including phenoxy) is 1. The van der Waals surface area contributed by atoms with E-state index in [4.69, 9.17) is 4.74 Å². The molecule has 0 fully saturated rings. The third-order valence-corrected chi connectivity index (χ3v) is 3.94. The Kier molecular flexibility index (Phi) is 6.21. The van der Waals surface area contributed by atoms with Gasteiger partial charge in [-0.25, -0.2) is 9.67 Å². The lowest BCUT2D eigenvalue weighted by Crippen LogP contribution is -2.24. The van der Waals surface area contributed by atoms with E-state index in [9.17, 15) is 0 Å². The van der Waals surface area contributed by atoms with Gasteiger partial charge in [-0.05, 0) is 10.4 Å². The molecule has 2 heterocycles. The van der Waals surface area contributed by atoms with Gasteiger partial charge in [0.05, 0.1) is 24.4 Å². The molecule has 0 saturated carbocycles. The Morgan fingerprint density at radius 2 is 2.42 bits per heavy atom. The second-order valence-electron chi connectivity index (χ2n) is 3.70. The second kappa shape index (κ2) is 8.20. The molecule has 1 N–H and O–H groups in total. The van der Waals surface area contributed by atoms with Crippen molar-refractivity contribution in [2.75, 3.05) is 26.8 Å². The van der Waals surface area contributed by atoms with E-state index >= 15 is 0 Å². The van der Waals surface area contributed by atoms with Crippen molar-refractivity contribution < 1.29 is 4.74 Å². The van der Waals surface area contributed by atoms with Crippen molar-refractivity contribution in [3.05, 3.63) is 16.6 Å². The zero-order valence-corrected chi connectivity index (χ0v) is 12.3. The van der Waals surface area contributed by atoms with Gasteiger partial charge in [0, 0.05) is 31.3 Å². The van der Waals surface area contributed by atoms with Gasteiger partial charge in [-0.3, -0.25) is 0 Å². The minimum absolute atomic E-state index is 0.709. The molecule has 0 spiro atoms. The number of hydrogen-bond acceptors (Lipinski definition) is 8. The summed E-state index contributed by atoms with van der Waals surface area (Å²) in [7, 11) is 1.69. The first-order chi connectivity index (χ1) is 9.40. The summed E-state index contributed by atoms with van der Waals surface area (Å²) in [5.41, 5.74) is 2.89. The average Bonchev–Trinajstić information content (AvgIpc) is 3.07. The highest BCUT2D eigenvalue weighted by molar-refractivity contribution is 7.98. The molecule has 19 heavy (non-hydrogen) atoms. The van der Waals surface area contributed by atoms with Crippen LogP contribution in [-0.2, 0) is 17.0 Å². The topological polar surface area (TPSA) is 77.8 Å². The van der Waals surface area contributed by atoms with Gasteiger partial charge in [0.15, 0.2) is 0 Å².